The van der Waals surface area contributed by atoms with E-state index < -0.39 is 30.1 Å². The third kappa shape index (κ3) is 19.9. The summed E-state index contributed by atoms with van der Waals surface area (Å²) in [6.07, 6.45) is 1.19. The van der Waals surface area contributed by atoms with Crippen molar-refractivity contribution in [3.63, 3.8) is 0 Å². The second kappa shape index (κ2) is 16.8. The van der Waals surface area contributed by atoms with Gasteiger partial charge in [0.1, 0.15) is 12.1 Å². The first-order valence-corrected chi connectivity index (χ1v) is 7.38. The van der Waals surface area contributed by atoms with E-state index in [1.165, 1.54) is 0 Å². The highest BCUT2D eigenvalue weighted by Crippen LogP contribution is 1.94. The van der Waals surface area contributed by atoms with Crippen molar-refractivity contribution in [2.75, 3.05) is 13.1 Å². The molecule has 0 aliphatic rings. The summed E-state index contributed by atoms with van der Waals surface area (Å²) in [4.78, 5) is 41.4. The minimum absolute atomic E-state index is 0. The Morgan fingerprint density at radius 1 is 0.960 bits per heavy atom. The topological polar surface area (TPSA) is 211 Å². The first kappa shape index (κ1) is 27.8. The maximum atomic E-state index is 10.8. The number of carbonyl (C=O) groups is 4. The van der Waals surface area contributed by atoms with Crippen LogP contribution in [0.5, 0.6) is 0 Å². The molecular formula is C13H29N5O6S. The molecule has 148 valence electrons. The van der Waals surface area contributed by atoms with Crippen LogP contribution >= 0.6 is 13.5 Å². The molecule has 25 heavy (non-hydrogen) atoms. The van der Waals surface area contributed by atoms with Crippen molar-refractivity contribution in [3.05, 3.63) is 0 Å². The summed E-state index contributed by atoms with van der Waals surface area (Å²) in [5, 5.41) is 21.6. The summed E-state index contributed by atoms with van der Waals surface area (Å²) in [6, 6.07) is -2.41. The van der Waals surface area contributed by atoms with Gasteiger partial charge in [-0.3, -0.25) is 14.4 Å². The molecule has 0 aromatic rings. The van der Waals surface area contributed by atoms with Crippen LogP contribution in [0, 0.1) is 0 Å². The number of nitrogens with one attached hydrogen (secondary N) is 2. The second-order valence-electron chi connectivity index (χ2n) is 4.81. The molecule has 12 heteroatoms. The fourth-order valence-corrected chi connectivity index (χ4v) is 1.35. The highest BCUT2D eigenvalue weighted by molar-refractivity contribution is 7.59. The number of primary amides is 1. The fraction of sp³-hybridized carbons (Fsp3) is 0.692. The monoisotopic (exact) mass is 383 g/mol. The van der Waals surface area contributed by atoms with E-state index in [1.54, 1.807) is 6.92 Å². The van der Waals surface area contributed by atoms with Crippen molar-refractivity contribution in [1.82, 2.24) is 10.6 Å². The summed E-state index contributed by atoms with van der Waals surface area (Å²) in [5.74, 6) is -2.26. The Morgan fingerprint density at radius 3 is 1.84 bits per heavy atom. The summed E-state index contributed by atoms with van der Waals surface area (Å²) >= 11 is 0. The van der Waals surface area contributed by atoms with E-state index in [0.717, 1.165) is 0 Å². The predicted molar refractivity (Wildman–Crippen MR) is 96.3 cm³/mol. The quantitative estimate of drug-likeness (QED) is 0.215. The number of urea groups is 1. The Balaban J connectivity index is -0.000000372. The van der Waals surface area contributed by atoms with Crippen molar-refractivity contribution >= 4 is 37.4 Å². The number of rotatable bonds is 10. The average Bonchev–Trinajstić information content (AvgIpc) is 2.49. The minimum atomic E-state index is -1.07. The largest absolute Gasteiger partial charge is 0.480 e. The zero-order valence-corrected chi connectivity index (χ0v) is 15.2. The molecule has 0 heterocycles. The highest BCUT2D eigenvalue weighted by atomic mass is 32.1. The first-order valence-electron chi connectivity index (χ1n) is 7.38. The lowest BCUT2D eigenvalue weighted by molar-refractivity contribution is -0.139. The summed E-state index contributed by atoms with van der Waals surface area (Å²) in [7, 11) is 0. The zero-order chi connectivity index (χ0) is 19.1. The number of aliphatic carboxylic acids is 2. The molecule has 0 bridgehead atoms. The molecule has 10 N–H and O–H groups in total. The fourth-order valence-electron chi connectivity index (χ4n) is 1.35. The average molecular weight is 383 g/mol. The van der Waals surface area contributed by atoms with E-state index in [4.69, 9.17) is 27.4 Å². The molecule has 0 saturated carbocycles. The van der Waals surface area contributed by atoms with Gasteiger partial charge in [-0.25, -0.2) is 4.79 Å². The van der Waals surface area contributed by atoms with E-state index >= 15 is 0 Å². The third-order valence-corrected chi connectivity index (χ3v) is 2.68. The van der Waals surface area contributed by atoms with E-state index in [9.17, 15) is 19.2 Å². The highest BCUT2D eigenvalue weighted by Gasteiger charge is 2.12. The number of carboxylic acids is 2. The van der Waals surface area contributed by atoms with E-state index in [-0.39, 0.29) is 32.2 Å². The molecule has 0 aliphatic carbocycles. The standard InChI is InChI=1S/C7H14N2O3.C6H13N3O3.H2S/c1-2-9-6(10)4-3-5(8)7(11)12;7-4(5(10)11)2-1-3-9-6(8)12;/h5H,2-4,8H2,1H3,(H,9,10)(H,11,12);4H,1-3,7H2,(H,10,11)(H3,8,9,12);1H2. The Morgan fingerprint density at radius 2 is 1.44 bits per heavy atom. The third-order valence-electron chi connectivity index (χ3n) is 2.68. The summed E-state index contributed by atoms with van der Waals surface area (Å²) in [5.41, 5.74) is 15.1. The molecular weight excluding hydrogens is 354 g/mol. The molecule has 2 unspecified atom stereocenters. The zero-order valence-electron chi connectivity index (χ0n) is 14.2. The number of hydrogen-bond acceptors (Lipinski definition) is 6. The van der Waals surface area contributed by atoms with Gasteiger partial charge < -0.3 is 38.0 Å². The molecule has 0 aromatic heterocycles. The van der Waals surface area contributed by atoms with Crippen LogP contribution in [-0.2, 0) is 14.4 Å². The lowest BCUT2D eigenvalue weighted by Gasteiger charge is -2.05. The lowest BCUT2D eigenvalue weighted by Crippen LogP contribution is -2.33. The van der Waals surface area contributed by atoms with Gasteiger partial charge in [0.25, 0.3) is 0 Å². The number of hydrogen-bond donors (Lipinski definition) is 7. The minimum Gasteiger partial charge on any atom is -0.480 e. The van der Waals surface area contributed by atoms with Crippen molar-refractivity contribution in [2.45, 2.75) is 44.7 Å². The van der Waals surface area contributed by atoms with E-state index in [1.807, 2.05) is 0 Å². The maximum absolute atomic E-state index is 10.8. The SMILES string of the molecule is CCNC(=O)CCC(N)C(=O)O.NC(=O)NCCCC(N)C(=O)O.S. The van der Waals surface area contributed by atoms with Gasteiger partial charge in [-0.15, -0.1) is 0 Å². The van der Waals surface area contributed by atoms with Crippen LogP contribution in [0.1, 0.15) is 32.6 Å². The van der Waals surface area contributed by atoms with E-state index in [2.05, 4.69) is 10.6 Å². The number of amides is 3. The molecule has 0 aliphatic heterocycles. The van der Waals surface area contributed by atoms with Gasteiger partial charge in [-0.1, -0.05) is 0 Å². The van der Waals surface area contributed by atoms with Crippen molar-refractivity contribution in [2.24, 2.45) is 17.2 Å². The molecule has 0 aromatic carbocycles. The van der Waals surface area contributed by atoms with Gasteiger partial charge in [0.05, 0.1) is 0 Å². The maximum Gasteiger partial charge on any atom is 0.320 e. The van der Waals surface area contributed by atoms with Crippen LogP contribution < -0.4 is 27.8 Å². The summed E-state index contributed by atoms with van der Waals surface area (Å²) in [6.45, 7) is 2.71. The van der Waals surface area contributed by atoms with Gasteiger partial charge in [-0.2, -0.15) is 13.5 Å². The van der Waals surface area contributed by atoms with Crippen LogP contribution in [0.15, 0.2) is 0 Å². The second-order valence-corrected chi connectivity index (χ2v) is 4.81. The number of carboxylic acid groups (broad SMARTS) is 2. The van der Waals surface area contributed by atoms with Crippen molar-refractivity contribution in [1.29, 1.82) is 0 Å². The van der Waals surface area contributed by atoms with Crippen LogP contribution in [0.25, 0.3) is 0 Å². The molecule has 0 saturated heterocycles. The van der Waals surface area contributed by atoms with Gasteiger partial charge >= 0.3 is 18.0 Å². The van der Waals surface area contributed by atoms with Crippen LogP contribution in [-0.4, -0.2) is 59.3 Å². The van der Waals surface area contributed by atoms with Crippen molar-refractivity contribution < 1.29 is 29.4 Å². The normalized spacial score (nSPS) is 11.6. The molecule has 3 amide bonds. The Hall–Kier alpha value is -2.05. The van der Waals surface area contributed by atoms with Crippen molar-refractivity contribution in [3.8, 4) is 0 Å². The lowest BCUT2D eigenvalue weighted by atomic mass is 10.1. The molecule has 0 radical (unpaired) electrons. The number of nitrogens with two attached hydrogens (primary N) is 3. The Labute approximate surface area is 153 Å². The molecule has 0 fully saturated rings. The predicted octanol–water partition coefficient (Wildman–Crippen LogP) is -1.73. The van der Waals surface area contributed by atoms with Gasteiger partial charge in [0, 0.05) is 19.5 Å². The van der Waals surface area contributed by atoms with Crippen LogP contribution in [0.4, 0.5) is 4.79 Å². The smallest absolute Gasteiger partial charge is 0.320 e. The number of carbonyl (C=O) groups excluding carboxylic acids is 2. The molecule has 0 rings (SSSR count). The molecule has 11 nitrogen and oxygen atoms in total. The van der Waals surface area contributed by atoms with E-state index in [0.29, 0.717) is 25.9 Å². The van der Waals surface area contributed by atoms with Gasteiger partial charge in [0.15, 0.2) is 0 Å². The molecule has 2 atom stereocenters. The van der Waals surface area contributed by atoms with Gasteiger partial charge in [0.2, 0.25) is 5.91 Å². The van der Waals surface area contributed by atoms with Gasteiger partial charge in [-0.05, 0) is 26.2 Å². The Kier molecular flexibility index (Phi) is 18.7. The summed E-state index contributed by atoms with van der Waals surface area (Å²) < 4.78 is 0. The first-order chi connectivity index (χ1) is 11.1. The van der Waals surface area contributed by atoms with Crippen LogP contribution in [0.2, 0.25) is 0 Å². The molecule has 0 spiro atoms. The Bertz CT molecular complexity index is 424. The van der Waals surface area contributed by atoms with Crippen LogP contribution in [0.3, 0.4) is 0 Å².